The number of aromatic nitrogens is 4. The molecule has 0 amide bonds. The molecule has 0 N–H and O–H groups in total. The Labute approximate surface area is 133 Å². The molecule has 0 unspecified atom stereocenters. The first-order chi connectivity index (χ1) is 10.7. The number of ether oxygens (including phenoxy) is 1. The normalized spacial score (nSPS) is 10.8. The Hall–Kier alpha value is -2.34. The van der Waals surface area contributed by atoms with Gasteiger partial charge in [0.15, 0.2) is 10.8 Å². The summed E-state index contributed by atoms with van der Waals surface area (Å²) in [7, 11) is 3.59. The topological polar surface area (TPSA) is 52.8 Å². The molecule has 1 aromatic carbocycles. The van der Waals surface area contributed by atoms with Crippen LogP contribution in [0, 0.1) is 0 Å². The minimum Gasteiger partial charge on any atom is -0.497 e. The van der Waals surface area contributed by atoms with Gasteiger partial charge >= 0.3 is 0 Å². The molecule has 0 saturated carbocycles. The molecular formula is C16H16N4OS. The van der Waals surface area contributed by atoms with Crippen LogP contribution < -0.4 is 4.74 Å². The van der Waals surface area contributed by atoms with Gasteiger partial charge in [-0.25, -0.2) is 15.0 Å². The van der Waals surface area contributed by atoms with Crippen LogP contribution in [0.4, 0.5) is 0 Å². The van der Waals surface area contributed by atoms with E-state index in [2.05, 4.69) is 21.5 Å². The minimum absolute atomic E-state index is 0.724. The van der Waals surface area contributed by atoms with Crippen molar-refractivity contribution in [3.63, 3.8) is 0 Å². The third-order valence-corrected chi connectivity index (χ3v) is 4.20. The highest BCUT2D eigenvalue weighted by atomic mass is 32.2. The summed E-state index contributed by atoms with van der Waals surface area (Å²) in [4.78, 5) is 13.4. The molecule has 0 bridgehead atoms. The third-order valence-electron chi connectivity index (χ3n) is 3.29. The van der Waals surface area contributed by atoms with Crippen molar-refractivity contribution in [3.05, 3.63) is 48.4 Å². The number of thioether (sulfide) groups is 1. The summed E-state index contributed by atoms with van der Waals surface area (Å²) in [6, 6.07) is 8.00. The summed E-state index contributed by atoms with van der Waals surface area (Å²) in [5.74, 6) is 1.65. The second-order valence-electron chi connectivity index (χ2n) is 4.76. The van der Waals surface area contributed by atoms with E-state index in [0.29, 0.717) is 0 Å². The van der Waals surface area contributed by atoms with E-state index >= 15 is 0 Å². The Morgan fingerprint density at radius 3 is 2.73 bits per heavy atom. The van der Waals surface area contributed by atoms with E-state index in [1.165, 1.54) is 5.56 Å². The van der Waals surface area contributed by atoms with Crippen LogP contribution >= 0.6 is 11.8 Å². The van der Waals surface area contributed by atoms with Gasteiger partial charge in [0.25, 0.3) is 0 Å². The maximum Gasteiger partial charge on any atom is 0.190 e. The fourth-order valence-corrected chi connectivity index (χ4v) is 2.89. The average Bonchev–Trinajstić information content (AvgIpc) is 2.94. The number of hydrogen-bond donors (Lipinski definition) is 0. The number of rotatable bonds is 5. The van der Waals surface area contributed by atoms with E-state index in [4.69, 9.17) is 4.74 Å². The highest BCUT2D eigenvalue weighted by Crippen LogP contribution is 2.24. The lowest BCUT2D eigenvalue weighted by Gasteiger charge is -2.05. The summed E-state index contributed by atoms with van der Waals surface area (Å²) in [5, 5.41) is 0.724. The predicted molar refractivity (Wildman–Crippen MR) is 89.0 cm³/mol. The lowest BCUT2D eigenvalue weighted by molar-refractivity contribution is 0.414. The van der Waals surface area contributed by atoms with E-state index in [1.807, 2.05) is 35.9 Å². The third kappa shape index (κ3) is 2.82. The summed E-state index contributed by atoms with van der Waals surface area (Å²) in [6.45, 7) is 3.81. The molecule has 0 aliphatic heterocycles. The molecule has 0 atom stereocenters. The van der Waals surface area contributed by atoms with Gasteiger partial charge in [0, 0.05) is 12.8 Å². The second kappa shape index (κ2) is 6.19. The Balaban J connectivity index is 1.83. The van der Waals surface area contributed by atoms with Gasteiger partial charge < -0.3 is 9.30 Å². The van der Waals surface area contributed by atoms with Crippen LogP contribution in [0.25, 0.3) is 17.2 Å². The smallest absolute Gasteiger partial charge is 0.190 e. The van der Waals surface area contributed by atoms with E-state index < -0.39 is 0 Å². The zero-order chi connectivity index (χ0) is 15.5. The van der Waals surface area contributed by atoms with Crippen LogP contribution in [0.15, 0.2) is 42.3 Å². The van der Waals surface area contributed by atoms with Gasteiger partial charge in [-0.05, 0) is 23.8 Å². The average molecular weight is 312 g/mol. The summed E-state index contributed by atoms with van der Waals surface area (Å²) >= 11 is 1.59. The fraction of sp³-hybridized carbons (Fsp3) is 0.188. The van der Waals surface area contributed by atoms with Crippen molar-refractivity contribution < 1.29 is 4.74 Å². The maximum absolute atomic E-state index is 5.16. The zero-order valence-corrected chi connectivity index (χ0v) is 13.3. The molecule has 112 valence electrons. The molecular weight excluding hydrogens is 296 g/mol. The van der Waals surface area contributed by atoms with Crippen LogP contribution in [0.5, 0.6) is 5.75 Å². The maximum atomic E-state index is 5.16. The zero-order valence-electron chi connectivity index (χ0n) is 12.5. The largest absolute Gasteiger partial charge is 0.497 e. The number of hydrogen-bond acceptors (Lipinski definition) is 5. The van der Waals surface area contributed by atoms with E-state index in [0.717, 1.165) is 33.5 Å². The van der Waals surface area contributed by atoms with Gasteiger partial charge in [0.2, 0.25) is 0 Å². The summed E-state index contributed by atoms with van der Waals surface area (Å²) in [5.41, 5.74) is 3.57. The van der Waals surface area contributed by atoms with Crippen molar-refractivity contribution in [1.82, 2.24) is 19.5 Å². The van der Waals surface area contributed by atoms with Gasteiger partial charge in [0.05, 0.1) is 19.1 Å². The van der Waals surface area contributed by atoms with Gasteiger partial charge in [-0.1, -0.05) is 30.5 Å². The number of benzene rings is 1. The van der Waals surface area contributed by atoms with E-state index in [9.17, 15) is 0 Å². The molecule has 22 heavy (non-hydrogen) atoms. The Morgan fingerprint density at radius 2 is 2.05 bits per heavy atom. The fourth-order valence-electron chi connectivity index (χ4n) is 2.08. The number of fused-ring (bicyclic) bond motifs is 1. The molecule has 3 aromatic rings. The SMILES string of the molecule is C=Cc1nc(SCc2ccc(OC)cc2)nc2c1ncn2C. The van der Waals surface area contributed by atoms with Gasteiger partial charge in [-0.3, -0.25) is 0 Å². The highest BCUT2D eigenvalue weighted by molar-refractivity contribution is 7.98. The first-order valence-electron chi connectivity index (χ1n) is 6.78. The van der Waals surface area contributed by atoms with Crippen LogP contribution in [0.1, 0.15) is 11.3 Å². The lowest BCUT2D eigenvalue weighted by atomic mass is 10.2. The van der Waals surface area contributed by atoms with Crippen LogP contribution in [0.3, 0.4) is 0 Å². The molecule has 3 rings (SSSR count). The molecule has 0 aliphatic rings. The predicted octanol–water partition coefficient (Wildman–Crippen LogP) is 3.31. The van der Waals surface area contributed by atoms with Crippen molar-refractivity contribution in [2.75, 3.05) is 7.11 Å². The Kier molecular flexibility index (Phi) is 4.11. The Morgan fingerprint density at radius 1 is 1.27 bits per heavy atom. The summed E-state index contributed by atoms with van der Waals surface area (Å²) < 4.78 is 7.05. The minimum atomic E-state index is 0.724. The van der Waals surface area contributed by atoms with Gasteiger partial charge in [-0.2, -0.15) is 0 Å². The van der Waals surface area contributed by atoms with Crippen molar-refractivity contribution in [3.8, 4) is 5.75 Å². The molecule has 0 spiro atoms. The monoisotopic (exact) mass is 312 g/mol. The Bertz CT molecular complexity index is 811. The molecule has 2 heterocycles. The lowest BCUT2D eigenvalue weighted by Crippen LogP contribution is -1.96. The van der Waals surface area contributed by atoms with Gasteiger partial charge in [0.1, 0.15) is 11.3 Å². The van der Waals surface area contributed by atoms with Crippen molar-refractivity contribution in [1.29, 1.82) is 0 Å². The number of aryl methyl sites for hydroxylation is 1. The molecule has 0 fully saturated rings. The molecule has 5 nitrogen and oxygen atoms in total. The first-order valence-corrected chi connectivity index (χ1v) is 7.77. The molecule has 0 radical (unpaired) electrons. The quantitative estimate of drug-likeness (QED) is 0.534. The van der Waals surface area contributed by atoms with Crippen molar-refractivity contribution in [2.45, 2.75) is 10.9 Å². The number of imidazole rings is 1. The highest BCUT2D eigenvalue weighted by Gasteiger charge is 2.10. The van der Waals surface area contributed by atoms with Crippen molar-refractivity contribution in [2.24, 2.45) is 7.05 Å². The standard InChI is InChI=1S/C16H16N4OS/c1-4-13-14-15(20(2)10-17-14)19-16(18-13)22-9-11-5-7-12(21-3)8-6-11/h4-8,10H,1,9H2,2-3H3. The van der Waals surface area contributed by atoms with E-state index in [-0.39, 0.29) is 0 Å². The number of methoxy groups -OCH3 is 1. The van der Waals surface area contributed by atoms with Crippen LogP contribution in [-0.2, 0) is 12.8 Å². The summed E-state index contributed by atoms with van der Waals surface area (Å²) in [6.07, 6.45) is 3.46. The van der Waals surface area contributed by atoms with Gasteiger partial charge in [-0.15, -0.1) is 0 Å². The second-order valence-corrected chi connectivity index (χ2v) is 5.70. The van der Waals surface area contributed by atoms with Crippen molar-refractivity contribution >= 4 is 29.0 Å². The molecule has 2 aromatic heterocycles. The van der Waals surface area contributed by atoms with Crippen LogP contribution in [0.2, 0.25) is 0 Å². The van der Waals surface area contributed by atoms with E-state index in [1.54, 1.807) is 31.3 Å². The molecule has 6 heteroatoms. The molecule has 0 aliphatic carbocycles. The van der Waals surface area contributed by atoms with Crippen LogP contribution in [-0.4, -0.2) is 26.6 Å². The first kappa shape index (κ1) is 14.6. The molecule has 0 saturated heterocycles. The number of nitrogens with zero attached hydrogens (tertiary/aromatic N) is 4.